The van der Waals surface area contributed by atoms with Gasteiger partial charge in [-0.25, -0.2) is 9.37 Å². The molecule has 0 spiro atoms. The lowest BCUT2D eigenvalue weighted by molar-refractivity contribution is 0.102. The van der Waals surface area contributed by atoms with E-state index in [1.54, 1.807) is 11.4 Å². The molecule has 2 heterocycles. The summed E-state index contributed by atoms with van der Waals surface area (Å²) >= 11 is 1.37. The number of benzene rings is 1. The Hall–Kier alpha value is -2.47. The largest absolute Gasteiger partial charge is 0.321 e. The van der Waals surface area contributed by atoms with Crippen LogP contribution in [0.1, 0.15) is 10.5 Å². The van der Waals surface area contributed by atoms with Crippen LogP contribution in [0.5, 0.6) is 0 Å². The molecule has 1 N–H and O–H groups in total. The van der Waals surface area contributed by atoms with Crippen molar-refractivity contribution in [3.63, 3.8) is 0 Å². The van der Waals surface area contributed by atoms with Crippen LogP contribution in [0, 0.1) is 5.82 Å². The van der Waals surface area contributed by atoms with Crippen molar-refractivity contribution in [1.82, 2.24) is 9.55 Å². The highest BCUT2D eigenvalue weighted by Crippen LogP contribution is 2.17. The molecule has 20 heavy (non-hydrogen) atoms. The van der Waals surface area contributed by atoms with Gasteiger partial charge >= 0.3 is 0 Å². The summed E-state index contributed by atoms with van der Waals surface area (Å²) < 4.78 is 14.9. The topological polar surface area (TPSA) is 46.9 Å². The van der Waals surface area contributed by atoms with Crippen molar-refractivity contribution < 1.29 is 9.18 Å². The van der Waals surface area contributed by atoms with Gasteiger partial charge in [-0.05, 0) is 30.3 Å². The predicted octanol–water partition coefficient (Wildman–Crippen LogP) is 3.33. The van der Waals surface area contributed by atoms with Gasteiger partial charge < -0.3 is 9.88 Å². The summed E-state index contributed by atoms with van der Waals surface area (Å²) in [5.74, 6) is -0.751. The first-order valence-corrected chi connectivity index (χ1v) is 6.76. The molecule has 0 unspecified atom stereocenters. The van der Waals surface area contributed by atoms with Crippen LogP contribution in [0.25, 0.3) is 5.13 Å². The molecule has 1 aromatic carbocycles. The third-order valence-corrected chi connectivity index (χ3v) is 3.49. The number of thiazole rings is 1. The summed E-state index contributed by atoms with van der Waals surface area (Å²) in [7, 11) is 0. The molecule has 2 aromatic heterocycles. The predicted molar refractivity (Wildman–Crippen MR) is 75.8 cm³/mol. The van der Waals surface area contributed by atoms with Crippen molar-refractivity contribution in [3.05, 3.63) is 65.7 Å². The average molecular weight is 287 g/mol. The first-order valence-electron chi connectivity index (χ1n) is 5.88. The normalized spacial score (nSPS) is 10.4. The van der Waals surface area contributed by atoms with E-state index in [1.807, 2.05) is 29.1 Å². The van der Waals surface area contributed by atoms with Crippen LogP contribution in [0.4, 0.5) is 10.1 Å². The third-order valence-electron chi connectivity index (χ3n) is 2.63. The third kappa shape index (κ3) is 2.60. The lowest BCUT2D eigenvalue weighted by Crippen LogP contribution is -2.12. The number of aromatic nitrogens is 2. The molecule has 0 saturated heterocycles. The maximum Gasteiger partial charge on any atom is 0.275 e. The minimum absolute atomic E-state index is 0.308. The van der Waals surface area contributed by atoms with Crippen LogP contribution >= 0.6 is 11.3 Å². The Morgan fingerprint density at radius 1 is 1.25 bits per heavy atom. The van der Waals surface area contributed by atoms with Gasteiger partial charge in [-0.2, -0.15) is 0 Å². The maximum absolute atomic E-state index is 13.0. The number of carbonyl (C=O) groups excluding carboxylic acids is 1. The Bertz CT molecular complexity index is 736. The first kappa shape index (κ1) is 12.6. The van der Waals surface area contributed by atoms with Crippen LogP contribution in [0.2, 0.25) is 0 Å². The van der Waals surface area contributed by atoms with Gasteiger partial charge in [0.2, 0.25) is 0 Å². The lowest BCUT2D eigenvalue weighted by atomic mass is 10.3. The second kappa shape index (κ2) is 5.26. The SMILES string of the molecule is O=C(Nc1cccc(F)c1)c1csc(-n2cccc2)n1. The van der Waals surface area contributed by atoms with E-state index in [9.17, 15) is 9.18 Å². The molecular formula is C14H10FN3OS. The van der Waals surface area contributed by atoms with Crippen molar-refractivity contribution in [3.8, 4) is 5.13 Å². The number of anilines is 1. The molecule has 0 aliphatic carbocycles. The Labute approximate surface area is 118 Å². The van der Waals surface area contributed by atoms with Crippen LogP contribution in [-0.2, 0) is 0 Å². The Kier molecular flexibility index (Phi) is 3.30. The highest BCUT2D eigenvalue weighted by molar-refractivity contribution is 7.12. The van der Waals surface area contributed by atoms with Gasteiger partial charge in [-0.15, -0.1) is 11.3 Å². The minimum Gasteiger partial charge on any atom is -0.321 e. The van der Waals surface area contributed by atoms with Gasteiger partial charge in [-0.1, -0.05) is 6.07 Å². The van der Waals surface area contributed by atoms with E-state index in [1.165, 1.54) is 29.5 Å². The van der Waals surface area contributed by atoms with Crippen molar-refractivity contribution >= 4 is 22.9 Å². The summed E-state index contributed by atoms with van der Waals surface area (Å²) in [5, 5.41) is 4.99. The highest BCUT2D eigenvalue weighted by atomic mass is 32.1. The molecular weight excluding hydrogens is 277 g/mol. The van der Waals surface area contributed by atoms with Crippen molar-refractivity contribution in [2.24, 2.45) is 0 Å². The lowest BCUT2D eigenvalue weighted by Gasteiger charge is -2.02. The molecule has 6 heteroatoms. The fraction of sp³-hybridized carbons (Fsp3) is 0. The zero-order valence-electron chi connectivity index (χ0n) is 10.3. The molecule has 3 rings (SSSR count). The molecule has 0 atom stereocenters. The number of amides is 1. The molecule has 1 amide bonds. The number of rotatable bonds is 3. The van der Waals surface area contributed by atoms with E-state index in [0.717, 1.165) is 0 Å². The molecule has 0 aliphatic rings. The molecule has 0 bridgehead atoms. The van der Waals surface area contributed by atoms with Gasteiger partial charge in [0.15, 0.2) is 5.13 Å². The first-order chi connectivity index (χ1) is 9.72. The van der Waals surface area contributed by atoms with E-state index >= 15 is 0 Å². The van der Waals surface area contributed by atoms with Crippen LogP contribution < -0.4 is 5.32 Å². The van der Waals surface area contributed by atoms with Gasteiger partial charge in [-0.3, -0.25) is 4.79 Å². The summed E-state index contributed by atoms with van der Waals surface area (Å²) in [6, 6.07) is 9.51. The maximum atomic E-state index is 13.0. The van der Waals surface area contributed by atoms with Crippen molar-refractivity contribution in [2.75, 3.05) is 5.32 Å². The Balaban J connectivity index is 1.78. The Morgan fingerprint density at radius 2 is 2.05 bits per heavy atom. The van der Waals surface area contributed by atoms with E-state index in [0.29, 0.717) is 16.5 Å². The number of carbonyl (C=O) groups is 1. The zero-order valence-corrected chi connectivity index (χ0v) is 11.1. The Morgan fingerprint density at radius 3 is 2.80 bits per heavy atom. The molecule has 0 radical (unpaired) electrons. The quantitative estimate of drug-likeness (QED) is 0.803. The number of hydrogen-bond donors (Lipinski definition) is 1. The molecule has 0 saturated carbocycles. The summed E-state index contributed by atoms with van der Waals surface area (Å²) in [6.07, 6.45) is 3.71. The van der Waals surface area contributed by atoms with Gasteiger partial charge in [0, 0.05) is 23.5 Å². The van der Waals surface area contributed by atoms with Gasteiger partial charge in [0.05, 0.1) is 0 Å². The number of nitrogens with zero attached hydrogens (tertiary/aromatic N) is 2. The highest BCUT2D eigenvalue weighted by Gasteiger charge is 2.11. The fourth-order valence-corrected chi connectivity index (χ4v) is 2.48. The van der Waals surface area contributed by atoms with Crippen molar-refractivity contribution in [2.45, 2.75) is 0 Å². The molecule has 4 nitrogen and oxygen atoms in total. The van der Waals surface area contributed by atoms with Crippen molar-refractivity contribution in [1.29, 1.82) is 0 Å². The minimum atomic E-state index is -0.394. The standard InChI is InChI=1S/C14H10FN3OS/c15-10-4-3-5-11(8-10)16-13(19)12-9-20-14(17-12)18-6-1-2-7-18/h1-9H,(H,16,19). The molecule has 3 aromatic rings. The van der Waals surface area contributed by atoms with E-state index < -0.39 is 5.82 Å². The second-order valence-corrected chi connectivity index (χ2v) is 4.91. The van der Waals surface area contributed by atoms with Gasteiger partial charge in [0.1, 0.15) is 11.5 Å². The molecule has 0 aliphatic heterocycles. The number of nitrogens with one attached hydrogen (secondary N) is 1. The molecule has 100 valence electrons. The van der Waals surface area contributed by atoms with Crippen LogP contribution in [-0.4, -0.2) is 15.5 Å². The number of hydrogen-bond acceptors (Lipinski definition) is 3. The average Bonchev–Trinajstić information content (AvgIpc) is 3.10. The zero-order chi connectivity index (χ0) is 13.9. The van der Waals surface area contributed by atoms with Crippen LogP contribution in [0.15, 0.2) is 54.2 Å². The summed E-state index contributed by atoms with van der Waals surface area (Å²) in [6.45, 7) is 0. The van der Waals surface area contributed by atoms with E-state index in [-0.39, 0.29) is 5.91 Å². The second-order valence-electron chi connectivity index (χ2n) is 4.07. The van der Waals surface area contributed by atoms with E-state index in [4.69, 9.17) is 0 Å². The van der Waals surface area contributed by atoms with E-state index in [2.05, 4.69) is 10.3 Å². The number of halogens is 1. The molecule has 0 fully saturated rings. The monoisotopic (exact) mass is 287 g/mol. The summed E-state index contributed by atoms with van der Waals surface area (Å²) in [4.78, 5) is 16.3. The van der Waals surface area contributed by atoms with Crippen LogP contribution in [0.3, 0.4) is 0 Å². The summed E-state index contributed by atoms with van der Waals surface area (Å²) in [5.41, 5.74) is 0.716. The smallest absolute Gasteiger partial charge is 0.275 e. The fourth-order valence-electron chi connectivity index (χ4n) is 1.71. The van der Waals surface area contributed by atoms with Gasteiger partial charge in [0.25, 0.3) is 5.91 Å².